The van der Waals surface area contributed by atoms with Crippen molar-refractivity contribution >= 4 is 11.8 Å². The van der Waals surface area contributed by atoms with Gasteiger partial charge in [-0.05, 0) is 32.1 Å². The zero-order valence-corrected chi connectivity index (χ0v) is 18.7. The summed E-state index contributed by atoms with van der Waals surface area (Å²) in [6, 6.07) is 0. The fraction of sp³-hybridized carbons (Fsp3) is 0.750. The molecule has 29 heavy (non-hydrogen) atoms. The highest BCUT2D eigenvalue weighted by Gasteiger charge is 2.36. The van der Waals surface area contributed by atoms with Crippen molar-refractivity contribution in [1.29, 1.82) is 0 Å². The van der Waals surface area contributed by atoms with Crippen LogP contribution in [0.1, 0.15) is 96.8 Å². The van der Waals surface area contributed by atoms with Crippen molar-refractivity contribution in [1.82, 2.24) is 0 Å². The van der Waals surface area contributed by atoms with Crippen molar-refractivity contribution in [3.05, 3.63) is 24.6 Å². The molecule has 0 bridgehead atoms. The van der Waals surface area contributed by atoms with E-state index in [2.05, 4.69) is 24.1 Å². The molecule has 166 valence electrons. The summed E-state index contributed by atoms with van der Waals surface area (Å²) >= 11 is 0. The van der Waals surface area contributed by atoms with E-state index in [-0.39, 0.29) is 6.54 Å². The van der Waals surface area contributed by atoms with E-state index in [1.807, 2.05) is 6.20 Å². The third-order valence-corrected chi connectivity index (χ3v) is 5.70. The summed E-state index contributed by atoms with van der Waals surface area (Å²) in [7, 11) is 0. The molecule has 0 fully saturated rings. The Labute approximate surface area is 178 Å². The summed E-state index contributed by atoms with van der Waals surface area (Å²) in [6.07, 6.45) is 25.9. The van der Waals surface area contributed by atoms with Gasteiger partial charge in [0.15, 0.2) is 6.54 Å². The predicted octanol–water partition coefficient (Wildman–Crippen LogP) is 5.77. The van der Waals surface area contributed by atoms with Gasteiger partial charge in [-0.3, -0.25) is 0 Å². The van der Waals surface area contributed by atoms with Gasteiger partial charge in [0, 0.05) is 13.0 Å². The molecule has 0 saturated heterocycles. The molecule has 0 amide bonds. The minimum absolute atomic E-state index is 0.0357. The molecule has 3 N–H and O–H groups in total. The lowest BCUT2D eigenvalue weighted by molar-refractivity contribution is -0.778. The molecule has 1 aliphatic heterocycles. The van der Waals surface area contributed by atoms with E-state index in [1.165, 1.54) is 64.2 Å². The summed E-state index contributed by atoms with van der Waals surface area (Å²) in [5.74, 6) is 0.141. The molecule has 5 nitrogen and oxygen atoms in total. The number of carbonyl (C=O) groups is 1. The number of nitrogens with two attached hydrogens (primary N) is 1. The number of carboxylic acid groups (broad SMARTS) is 1. The average Bonchev–Trinajstić information content (AvgIpc) is 3.06. The van der Waals surface area contributed by atoms with Gasteiger partial charge in [0.05, 0.1) is 6.20 Å². The molecule has 1 heterocycles. The smallest absolute Gasteiger partial charge is 0.360 e. The van der Waals surface area contributed by atoms with Crippen LogP contribution in [-0.2, 0) is 4.79 Å². The number of amidine groups is 1. The van der Waals surface area contributed by atoms with Crippen molar-refractivity contribution in [2.75, 3.05) is 19.6 Å². The van der Waals surface area contributed by atoms with Crippen LogP contribution in [0.15, 0.2) is 29.5 Å². The minimum atomic E-state index is -0.806. The number of nitrogens with zero attached hydrogens (tertiary/aromatic N) is 2. The first-order chi connectivity index (χ1) is 14.1. The normalized spacial score (nSPS) is 18.6. The van der Waals surface area contributed by atoms with E-state index in [4.69, 9.17) is 5.73 Å². The highest BCUT2D eigenvalue weighted by atomic mass is 16.4. The summed E-state index contributed by atoms with van der Waals surface area (Å²) in [6.45, 7) is 3.36. The quantitative estimate of drug-likeness (QED) is 0.162. The molecule has 1 rings (SSSR count). The lowest BCUT2D eigenvalue weighted by Crippen LogP contribution is -2.52. The van der Waals surface area contributed by atoms with E-state index < -0.39 is 5.97 Å². The summed E-state index contributed by atoms with van der Waals surface area (Å²) < 4.78 is 0.296. The Morgan fingerprint density at radius 1 is 1.00 bits per heavy atom. The number of rotatable bonds is 19. The third-order valence-electron chi connectivity index (χ3n) is 5.70. The summed E-state index contributed by atoms with van der Waals surface area (Å²) in [5.41, 5.74) is 5.71. The highest BCUT2D eigenvalue weighted by Crippen LogP contribution is 2.21. The largest absolute Gasteiger partial charge is 0.477 e. The standard InChI is InChI=1S/C24H43N3O2/c1-2-3-4-5-6-7-8-9-10-11-12-13-14-15-16-17-23-26-19-21-27(23,20-18-25)22-24(28)29/h11-12,19,21H,2-10,13-18,20,22,25H2,1H3/p+1/b12-11+. The molecule has 1 atom stereocenters. The molecule has 5 heteroatoms. The number of carboxylic acids is 1. The van der Waals surface area contributed by atoms with Gasteiger partial charge >= 0.3 is 5.97 Å². The van der Waals surface area contributed by atoms with Crippen molar-refractivity contribution in [3.63, 3.8) is 0 Å². The van der Waals surface area contributed by atoms with E-state index in [9.17, 15) is 9.90 Å². The lowest BCUT2D eigenvalue weighted by Gasteiger charge is -2.30. The van der Waals surface area contributed by atoms with E-state index >= 15 is 0 Å². The van der Waals surface area contributed by atoms with Gasteiger partial charge in [0.1, 0.15) is 12.7 Å². The Morgan fingerprint density at radius 3 is 2.17 bits per heavy atom. The van der Waals surface area contributed by atoms with Crippen molar-refractivity contribution in [3.8, 4) is 0 Å². The molecule has 0 aromatic heterocycles. The van der Waals surface area contributed by atoms with Crippen LogP contribution >= 0.6 is 0 Å². The Bertz CT molecular complexity index is 528. The Balaban J connectivity index is 2.05. The van der Waals surface area contributed by atoms with Gasteiger partial charge in [0.25, 0.3) is 0 Å². The van der Waals surface area contributed by atoms with E-state index in [0.717, 1.165) is 31.5 Å². The maximum absolute atomic E-state index is 11.2. The monoisotopic (exact) mass is 406 g/mol. The molecular formula is C24H44N3O2+. The van der Waals surface area contributed by atoms with Crippen molar-refractivity contribution < 1.29 is 14.4 Å². The van der Waals surface area contributed by atoms with Gasteiger partial charge in [-0.1, -0.05) is 70.4 Å². The van der Waals surface area contributed by atoms with Crippen LogP contribution < -0.4 is 5.73 Å². The molecule has 1 unspecified atom stereocenters. The number of hydrogen-bond donors (Lipinski definition) is 2. The van der Waals surface area contributed by atoms with Crippen LogP contribution in [-0.4, -0.2) is 41.0 Å². The third kappa shape index (κ3) is 11.3. The minimum Gasteiger partial charge on any atom is -0.477 e. The maximum Gasteiger partial charge on any atom is 0.360 e. The topological polar surface area (TPSA) is 75.7 Å². The van der Waals surface area contributed by atoms with Crippen molar-refractivity contribution in [2.24, 2.45) is 10.7 Å². The van der Waals surface area contributed by atoms with E-state index in [1.54, 1.807) is 6.20 Å². The molecule has 0 radical (unpaired) electrons. The predicted molar refractivity (Wildman–Crippen MR) is 123 cm³/mol. The molecule has 0 spiro atoms. The zero-order valence-electron chi connectivity index (χ0n) is 18.7. The van der Waals surface area contributed by atoms with Gasteiger partial charge in [-0.2, -0.15) is 0 Å². The molecular weight excluding hydrogens is 362 g/mol. The number of hydrogen-bond acceptors (Lipinski definition) is 3. The number of unbranched alkanes of at least 4 members (excludes halogenated alkanes) is 11. The average molecular weight is 407 g/mol. The first-order valence-electron chi connectivity index (χ1n) is 11.8. The van der Waals surface area contributed by atoms with Crippen molar-refractivity contribution in [2.45, 2.75) is 96.8 Å². The van der Waals surface area contributed by atoms with Gasteiger partial charge < -0.3 is 10.8 Å². The number of quaternary nitrogens is 1. The van der Waals surface area contributed by atoms with Gasteiger partial charge in [-0.15, -0.1) is 0 Å². The molecule has 1 aliphatic rings. The SMILES string of the molecule is CCCCCCCCCC/C=C/CCCCCC1=NC=C[N+]1(CCN)CC(=O)O. The number of aliphatic carboxylic acids is 1. The van der Waals surface area contributed by atoms with Crippen LogP contribution in [0.25, 0.3) is 0 Å². The fourth-order valence-corrected chi connectivity index (χ4v) is 3.99. The molecule has 0 aromatic carbocycles. The lowest BCUT2D eigenvalue weighted by atomic mass is 10.1. The Kier molecular flexibility index (Phi) is 14.4. The molecule has 0 aliphatic carbocycles. The second kappa shape index (κ2) is 16.3. The Morgan fingerprint density at radius 2 is 1.59 bits per heavy atom. The molecule has 0 aromatic rings. The van der Waals surface area contributed by atoms with Crippen LogP contribution in [0.4, 0.5) is 0 Å². The number of allylic oxidation sites excluding steroid dienone is 2. The zero-order chi connectivity index (χ0) is 21.2. The van der Waals surface area contributed by atoms with Crippen LogP contribution in [0.3, 0.4) is 0 Å². The van der Waals surface area contributed by atoms with Gasteiger partial charge in [-0.25, -0.2) is 14.3 Å². The first-order valence-corrected chi connectivity index (χ1v) is 11.8. The number of aliphatic imine (C=N–C) groups is 1. The summed E-state index contributed by atoms with van der Waals surface area (Å²) in [4.78, 5) is 15.7. The summed E-state index contributed by atoms with van der Waals surface area (Å²) in [5, 5.41) is 9.23. The van der Waals surface area contributed by atoms with Gasteiger partial charge in [0.2, 0.25) is 5.84 Å². The fourth-order valence-electron chi connectivity index (χ4n) is 3.99. The first kappa shape index (κ1) is 25.6. The van der Waals surface area contributed by atoms with Crippen LogP contribution in [0.2, 0.25) is 0 Å². The maximum atomic E-state index is 11.2. The van der Waals surface area contributed by atoms with E-state index in [0.29, 0.717) is 17.6 Å². The second-order valence-electron chi connectivity index (χ2n) is 8.28. The second-order valence-corrected chi connectivity index (χ2v) is 8.28. The van der Waals surface area contributed by atoms with Crippen LogP contribution in [0.5, 0.6) is 0 Å². The molecule has 0 saturated carbocycles. The Hall–Kier alpha value is -1.46. The highest BCUT2D eigenvalue weighted by molar-refractivity contribution is 5.81. The van der Waals surface area contributed by atoms with Crippen LogP contribution in [0, 0.1) is 0 Å².